The Kier molecular flexibility index (Phi) is 5.22. The molecule has 0 aromatic carbocycles. The highest BCUT2D eigenvalue weighted by atomic mass is 16.5. The van der Waals surface area contributed by atoms with Crippen LogP contribution in [-0.4, -0.2) is 43.7 Å². The summed E-state index contributed by atoms with van der Waals surface area (Å²) >= 11 is 0. The third-order valence-corrected chi connectivity index (χ3v) is 4.89. The smallest absolute Gasteiger partial charge is 0.226 e. The Hall–Kier alpha value is -0.610. The van der Waals surface area contributed by atoms with E-state index in [1.54, 1.807) is 7.11 Å². The summed E-state index contributed by atoms with van der Waals surface area (Å²) in [5.74, 6) is 1.58. The summed E-state index contributed by atoms with van der Waals surface area (Å²) < 4.78 is 5.17. The van der Waals surface area contributed by atoms with Crippen molar-refractivity contribution in [3.05, 3.63) is 0 Å². The maximum atomic E-state index is 12.8. The van der Waals surface area contributed by atoms with Gasteiger partial charge >= 0.3 is 0 Å². The standard InChI is InChI=1S/C15H28N2O2/c1-11(12-6-7-12)17(8-9-19-2)15(18)14-5-3-4-13(14)10-16/h11-14H,3-10,16H2,1-2H3. The largest absolute Gasteiger partial charge is 0.383 e. The molecule has 110 valence electrons. The number of hydrogen-bond donors (Lipinski definition) is 1. The zero-order chi connectivity index (χ0) is 13.8. The molecule has 2 aliphatic carbocycles. The Morgan fingerprint density at radius 2 is 2.11 bits per heavy atom. The van der Waals surface area contributed by atoms with Crippen LogP contribution in [0.5, 0.6) is 0 Å². The van der Waals surface area contributed by atoms with Gasteiger partial charge in [0.15, 0.2) is 0 Å². The first-order valence-corrected chi connectivity index (χ1v) is 7.68. The van der Waals surface area contributed by atoms with Crippen molar-refractivity contribution in [3.63, 3.8) is 0 Å². The molecule has 2 fully saturated rings. The van der Waals surface area contributed by atoms with Crippen LogP contribution in [0.2, 0.25) is 0 Å². The molecule has 0 saturated heterocycles. The molecule has 0 heterocycles. The van der Waals surface area contributed by atoms with Gasteiger partial charge in [0.25, 0.3) is 0 Å². The number of amides is 1. The molecule has 4 heteroatoms. The van der Waals surface area contributed by atoms with Crippen molar-refractivity contribution in [2.45, 2.75) is 45.1 Å². The van der Waals surface area contributed by atoms with Gasteiger partial charge in [-0.25, -0.2) is 0 Å². The minimum atomic E-state index is 0.156. The third kappa shape index (κ3) is 3.48. The molecule has 3 atom stereocenters. The van der Waals surface area contributed by atoms with E-state index in [1.165, 1.54) is 12.8 Å². The third-order valence-electron chi connectivity index (χ3n) is 4.89. The fraction of sp³-hybridized carbons (Fsp3) is 0.933. The predicted molar refractivity (Wildman–Crippen MR) is 75.7 cm³/mol. The van der Waals surface area contributed by atoms with Gasteiger partial charge in [0, 0.05) is 25.6 Å². The summed E-state index contributed by atoms with van der Waals surface area (Å²) in [7, 11) is 1.70. The Morgan fingerprint density at radius 1 is 1.37 bits per heavy atom. The molecule has 0 bridgehead atoms. The molecule has 0 spiro atoms. The summed E-state index contributed by atoms with van der Waals surface area (Å²) in [5, 5.41) is 0. The molecule has 0 aliphatic heterocycles. The number of ether oxygens (including phenoxy) is 1. The average molecular weight is 268 g/mol. The lowest BCUT2D eigenvalue weighted by Crippen LogP contribution is -2.46. The van der Waals surface area contributed by atoms with Crippen molar-refractivity contribution in [1.29, 1.82) is 0 Å². The van der Waals surface area contributed by atoms with E-state index in [2.05, 4.69) is 11.8 Å². The highest BCUT2D eigenvalue weighted by molar-refractivity contribution is 5.80. The van der Waals surface area contributed by atoms with E-state index in [0.29, 0.717) is 36.9 Å². The van der Waals surface area contributed by atoms with Crippen LogP contribution in [0.1, 0.15) is 39.0 Å². The molecule has 1 amide bonds. The molecule has 0 radical (unpaired) electrons. The molecule has 2 saturated carbocycles. The molecule has 2 N–H and O–H groups in total. The Balaban J connectivity index is 2.01. The number of carbonyl (C=O) groups excluding carboxylic acids is 1. The van der Waals surface area contributed by atoms with Gasteiger partial charge in [0.05, 0.1) is 6.61 Å². The molecular formula is C15H28N2O2. The first-order valence-electron chi connectivity index (χ1n) is 7.68. The summed E-state index contributed by atoms with van der Waals surface area (Å²) in [6.45, 7) is 4.19. The van der Waals surface area contributed by atoms with Crippen molar-refractivity contribution in [1.82, 2.24) is 4.90 Å². The van der Waals surface area contributed by atoms with Gasteiger partial charge in [-0.1, -0.05) is 6.42 Å². The molecular weight excluding hydrogens is 240 g/mol. The van der Waals surface area contributed by atoms with Crippen LogP contribution in [0.4, 0.5) is 0 Å². The number of carbonyl (C=O) groups is 1. The van der Waals surface area contributed by atoms with Gasteiger partial charge in [-0.3, -0.25) is 4.79 Å². The lowest BCUT2D eigenvalue weighted by Gasteiger charge is -2.33. The lowest BCUT2D eigenvalue weighted by atomic mass is 9.94. The molecule has 4 nitrogen and oxygen atoms in total. The second-order valence-electron chi connectivity index (χ2n) is 6.14. The number of nitrogens with two attached hydrogens (primary N) is 1. The SMILES string of the molecule is COCCN(C(=O)C1CCCC1CN)C(C)C1CC1. The monoisotopic (exact) mass is 268 g/mol. The van der Waals surface area contributed by atoms with Crippen LogP contribution in [0.15, 0.2) is 0 Å². The minimum absolute atomic E-state index is 0.156. The highest BCUT2D eigenvalue weighted by Crippen LogP contribution is 2.38. The van der Waals surface area contributed by atoms with Gasteiger partial charge in [0.2, 0.25) is 5.91 Å². The molecule has 2 aliphatic rings. The number of methoxy groups -OCH3 is 1. The van der Waals surface area contributed by atoms with Crippen LogP contribution < -0.4 is 5.73 Å². The van der Waals surface area contributed by atoms with Gasteiger partial charge in [-0.2, -0.15) is 0 Å². The summed E-state index contributed by atoms with van der Waals surface area (Å²) in [6.07, 6.45) is 5.81. The number of nitrogens with zero attached hydrogens (tertiary/aromatic N) is 1. The molecule has 0 aromatic heterocycles. The maximum Gasteiger partial charge on any atom is 0.226 e. The van der Waals surface area contributed by atoms with E-state index in [4.69, 9.17) is 10.5 Å². The van der Waals surface area contributed by atoms with Crippen molar-refractivity contribution in [3.8, 4) is 0 Å². The second kappa shape index (κ2) is 6.71. The maximum absolute atomic E-state index is 12.8. The Labute approximate surface area is 116 Å². The fourth-order valence-corrected chi connectivity index (χ4v) is 3.39. The van der Waals surface area contributed by atoms with Crippen LogP contribution in [0.25, 0.3) is 0 Å². The van der Waals surface area contributed by atoms with E-state index in [9.17, 15) is 4.79 Å². The first-order chi connectivity index (χ1) is 9.19. The van der Waals surface area contributed by atoms with Gasteiger partial charge in [0.1, 0.15) is 0 Å². The molecule has 3 unspecified atom stereocenters. The zero-order valence-electron chi connectivity index (χ0n) is 12.3. The first kappa shape index (κ1) is 14.8. The molecule has 19 heavy (non-hydrogen) atoms. The topological polar surface area (TPSA) is 55.6 Å². The quantitative estimate of drug-likeness (QED) is 0.763. The second-order valence-corrected chi connectivity index (χ2v) is 6.14. The average Bonchev–Trinajstić information content (AvgIpc) is 3.16. The van der Waals surface area contributed by atoms with E-state index < -0.39 is 0 Å². The summed E-state index contributed by atoms with van der Waals surface area (Å²) in [6, 6.07) is 0.363. The summed E-state index contributed by atoms with van der Waals surface area (Å²) in [4.78, 5) is 14.9. The fourth-order valence-electron chi connectivity index (χ4n) is 3.39. The van der Waals surface area contributed by atoms with E-state index in [0.717, 1.165) is 25.8 Å². The van der Waals surface area contributed by atoms with E-state index >= 15 is 0 Å². The van der Waals surface area contributed by atoms with Gasteiger partial charge in [-0.05, 0) is 51.0 Å². The predicted octanol–water partition coefficient (Wildman–Crippen LogP) is 1.63. The Bertz CT molecular complexity index is 305. The van der Waals surface area contributed by atoms with Crippen molar-refractivity contribution < 1.29 is 9.53 Å². The van der Waals surface area contributed by atoms with Gasteiger partial charge in [-0.15, -0.1) is 0 Å². The van der Waals surface area contributed by atoms with Crippen molar-refractivity contribution in [2.75, 3.05) is 26.8 Å². The van der Waals surface area contributed by atoms with Crippen LogP contribution in [0.3, 0.4) is 0 Å². The van der Waals surface area contributed by atoms with E-state index in [1.807, 2.05) is 0 Å². The minimum Gasteiger partial charge on any atom is -0.383 e. The normalized spacial score (nSPS) is 28.4. The number of rotatable bonds is 7. The zero-order valence-corrected chi connectivity index (χ0v) is 12.3. The van der Waals surface area contributed by atoms with Crippen LogP contribution in [-0.2, 0) is 9.53 Å². The van der Waals surface area contributed by atoms with Crippen molar-refractivity contribution in [2.24, 2.45) is 23.5 Å². The molecule has 0 aromatic rings. The van der Waals surface area contributed by atoms with E-state index in [-0.39, 0.29) is 5.92 Å². The van der Waals surface area contributed by atoms with Gasteiger partial charge < -0.3 is 15.4 Å². The van der Waals surface area contributed by atoms with Crippen LogP contribution in [0, 0.1) is 17.8 Å². The molecule has 2 rings (SSSR count). The lowest BCUT2D eigenvalue weighted by molar-refractivity contribution is -0.139. The van der Waals surface area contributed by atoms with Crippen LogP contribution >= 0.6 is 0 Å². The van der Waals surface area contributed by atoms with Crippen molar-refractivity contribution >= 4 is 5.91 Å². The summed E-state index contributed by atoms with van der Waals surface area (Å²) in [5.41, 5.74) is 5.82. The number of hydrogen-bond acceptors (Lipinski definition) is 3. The highest BCUT2D eigenvalue weighted by Gasteiger charge is 2.39. The Morgan fingerprint density at radius 3 is 2.68 bits per heavy atom.